The zero-order chi connectivity index (χ0) is 16.9. The van der Waals surface area contributed by atoms with Gasteiger partial charge in [-0.1, -0.05) is 43.5 Å². The van der Waals surface area contributed by atoms with Crippen LogP contribution in [0.25, 0.3) is 0 Å². The minimum atomic E-state index is -0.504. The standard InChI is InChI=1S/C19H27N3O2/c20-19(24)18-16-9-5-4-8-15(16)10-11-22(18)13-17(23)21-12-14-6-2-1-3-7-14/h4-5,8-9,14,18H,1-3,6-7,10-13H2,(H2,20,24)(H,21,23)/t18-/m0/s1. The second kappa shape index (κ2) is 7.79. The summed E-state index contributed by atoms with van der Waals surface area (Å²) < 4.78 is 0. The number of hydrogen-bond acceptors (Lipinski definition) is 3. The highest BCUT2D eigenvalue weighted by Crippen LogP contribution is 2.29. The molecule has 1 aromatic rings. The largest absolute Gasteiger partial charge is 0.368 e. The number of nitrogens with one attached hydrogen (secondary N) is 1. The van der Waals surface area contributed by atoms with Crippen molar-refractivity contribution < 1.29 is 9.59 Å². The molecule has 1 heterocycles. The quantitative estimate of drug-likeness (QED) is 0.864. The second-order valence-electron chi connectivity index (χ2n) is 7.03. The first-order valence-electron chi connectivity index (χ1n) is 9.03. The van der Waals surface area contributed by atoms with E-state index < -0.39 is 6.04 Å². The predicted octanol–water partition coefficient (Wildman–Crippen LogP) is 1.77. The molecule has 1 aliphatic heterocycles. The summed E-state index contributed by atoms with van der Waals surface area (Å²) in [4.78, 5) is 26.2. The highest BCUT2D eigenvalue weighted by atomic mass is 16.2. The van der Waals surface area contributed by atoms with Crippen molar-refractivity contribution in [1.82, 2.24) is 10.2 Å². The van der Waals surface area contributed by atoms with E-state index in [1.54, 1.807) is 0 Å². The summed E-state index contributed by atoms with van der Waals surface area (Å²) in [6, 6.07) is 7.36. The maximum absolute atomic E-state index is 12.3. The maximum atomic E-state index is 12.3. The summed E-state index contributed by atoms with van der Waals surface area (Å²) >= 11 is 0. The Morgan fingerprint density at radius 1 is 1.17 bits per heavy atom. The number of hydrogen-bond donors (Lipinski definition) is 2. The van der Waals surface area contributed by atoms with Crippen LogP contribution in [0.5, 0.6) is 0 Å². The summed E-state index contributed by atoms with van der Waals surface area (Å²) in [5, 5.41) is 3.05. The monoisotopic (exact) mass is 329 g/mol. The molecular weight excluding hydrogens is 302 g/mol. The third-order valence-corrected chi connectivity index (χ3v) is 5.31. The topological polar surface area (TPSA) is 75.4 Å². The van der Waals surface area contributed by atoms with Crippen molar-refractivity contribution in [2.75, 3.05) is 19.6 Å². The zero-order valence-corrected chi connectivity index (χ0v) is 14.2. The highest BCUT2D eigenvalue weighted by molar-refractivity contribution is 5.84. The first-order chi connectivity index (χ1) is 11.6. The van der Waals surface area contributed by atoms with E-state index in [0.29, 0.717) is 12.5 Å². The summed E-state index contributed by atoms with van der Waals surface area (Å²) in [7, 11) is 0. The van der Waals surface area contributed by atoms with Gasteiger partial charge in [-0.3, -0.25) is 14.5 Å². The van der Waals surface area contributed by atoms with Crippen molar-refractivity contribution >= 4 is 11.8 Å². The van der Waals surface area contributed by atoms with Crippen LogP contribution in [0.4, 0.5) is 0 Å². The van der Waals surface area contributed by atoms with Crippen molar-refractivity contribution in [3.63, 3.8) is 0 Å². The third-order valence-electron chi connectivity index (χ3n) is 5.31. The van der Waals surface area contributed by atoms with E-state index in [0.717, 1.165) is 24.1 Å². The Balaban J connectivity index is 1.59. The van der Waals surface area contributed by atoms with E-state index in [1.165, 1.54) is 32.1 Å². The third kappa shape index (κ3) is 3.96. The van der Waals surface area contributed by atoms with Gasteiger partial charge in [-0.2, -0.15) is 0 Å². The molecule has 5 heteroatoms. The molecule has 1 atom stereocenters. The summed E-state index contributed by atoms with van der Waals surface area (Å²) in [6.07, 6.45) is 7.12. The lowest BCUT2D eigenvalue weighted by molar-refractivity contribution is -0.127. The van der Waals surface area contributed by atoms with Crippen molar-refractivity contribution in [1.29, 1.82) is 0 Å². The smallest absolute Gasteiger partial charge is 0.239 e. The molecule has 24 heavy (non-hydrogen) atoms. The number of fused-ring (bicyclic) bond motifs is 1. The van der Waals surface area contributed by atoms with E-state index in [4.69, 9.17) is 5.73 Å². The van der Waals surface area contributed by atoms with Crippen LogP contribution in [0.3, 0.4) is 0 Å². The first kappa shape index (κ1) is 17.0. The number of primary amides is 1. The fourth-order valence-electron chi connectivity index (χ4n) is 4.01. The lowest BCUT2D eigenvalue weighted by Crippen LogP contribution is -2.47. The van der Waals surface area contributed by atoms with E-state index in [1.807, 2.05) is 29.2 Å². The minimum Gasteiger partial charge on any atom is -0.368 e. The Hall–Kier alpha value is -1.88. The lowest BCUT2D eigenvalue weighted by atomic mass is 9.89. The van der Waals surface area contributed by atoms with Gasteiger partial charge >= 0.3 is 0 Å². The SMILES string of the molecule is NC(=O)[C@@H]1c2ccccc2CCN1CC(=O)NCC1CCCCC1. The Morgan fingerprint density at radius 3 is 2.67 bits per heavy atom. The van der Waals surface area contributed by atoms with Gasteiger partial charge in [0.25, 0.3) is 0 Å². The number of nitrogens with two attached hydrogens (primary N) is 1. The molecule has 0 bridgehead atoms. The van der Waals surface area contributed by atoms with E-state index >= 15 is 0 Å². The molecule has 0 spiro atoms. The molecule has 5 nitrogen and oxygen atoms in total. The average molecular weight is 329 g/mol. The molecule has 1 fully saturated rings. The average Bonchev–Trinajstić information content (AvgIpc) is 2.60. The molecule has 0 unspecified atom stereocenters. The van der Waals surface area contributed by atoms with E-state index in [9.17, 15) is 9.59 Å². The Kier molecular flexibility index (Phi) is 5.51. The van der Waals surface area contributed by atoms with Crippen molar-refractivity contribution in [3.8, 4) is 0 Å². The Labute approximate surface area is 143 Å². The fraction of sp³-hybridized carbons (Fsp3) is 0.579. The van der Waals surface area contributed by atoms with E-state index in [2.05, 4.69) is 5.32 Å². The molecule has 1 saturated carbocycles. The zero-order valence-electron chi connectivity index (χ0n) is 14.2. The van der Waals surface area contributed by atoms with Gasteiger partial charge in [0.15, 0.2) is 0 Å². The van der Waals surface area contributed by atoms with Gasteiger partial charge in [0.05, 0.1) is 6.54 Å². The van der Waals surface area contributed by atoms with Gasteiger partial charge < -0.3 is 11.1 Å². The van der Waals surface area contributed by atoms with Crippen LogP contribution in [0.15, 0.2) is 24.3 Å². The van der Waals surface area contributed by atoms with Crippen molar-refractivity contribution in [3.05, 3.63) is 35.4 Å². The first-order valence-corrected chi connectivity index (χ1v) is 9.03. The summed E-state index contributed by atoms with van der Waals surface area (Å²) in [5.41, 5.74) is 7.72. The van der Waals surface area contributed by atoms with Gasteiger partial charge in [0, 0.05) is 13.1 Å². The number of amides is 2. The number of benzene rings is 1. The van der Waals surface area contributed by atoms with Gasteiger partial charge in [-0.25, -0.2) is 0 Å². The van der Waals surface area contributed by atoms with Crippen LogP contribution in [0.2, 0.25) is 0 Å². The molecule has 0 saturated heterocycles. The fourth-order valence-corrected chi connectivity index (χ4v) is 4.01. The second-order valence-corrected chi connectivity index (χ2v) is 7.03. The Morgan fingerprint density at radius 2 is 1.92 bits per heavy atom. The number of nitrogens with zero attached hydrogens (tertiary/aromatic N) is 1. The van der Waals surface area contributed by atoms with Crippen LogP contribution in [-0.2, 0) is 16.0 Å². The molecule has 3 N–H and O–H groups in total. The van der Waals surface area contributed by atoms with Gasteiger partial charge in [0.1, 0.15) is 6.04 Å². The molecule has 1 aromatic carbocycles. The molecule has 2 aliphatic rings. The van der Waals surface area contributed by atoms with Gasteiger partial charge in [-0.15, -0.1) is 0 Å². The predicted molar refractivity (Wildman–Crippen MR) is 93.2 cm³/mol. The molecule has 3 rings (SSSR count). The number of carbonyl (C=O) groups is 2. The lowest BCUT2D eigenvalue weighted by Gasteiger charge is -2.35. The summed E-state index contributed by atoms with van der Waals surface area (Å²) in [6.45, 7) is 1.67. The number of carbonyl (C=O) groups excluding carboxylic acids is 2. The van der Waals surface area contributed by atoms with Crippen LogP contribution < -0.4 is 11.1 Å². The molecule has 2 amide bonds. The van der Waals surface area contributed by atoms with Crippen LogP contribution in [0.1, 0.15) is 49.3 Å². The normalized spacial score (nSPS) is 21.9. The number of rotatable bonds is 5. The molecular formula is C19H27N3O2. The minimum absolute atomic E-state index is 0.00814. The van der Waals surface area contributed by atoms with Crippen LogP contribution in [-0.4, -0.2) is 36.3 Å². The van der Waals surface area contributed by atoms with E-state index in [-0.39, 0.29) is 18.4 Å². The molecule has 1 aliphatic carbocycles. The molecule has 0 aromatic heterocycles. The highest BCUT2D eigenvalue weighted by Gasteiger charge is 2.32. The van der Waals surface area contributed by atoms with Gasteiger partial charge in [-0.05, 0) is 36.3 Å². The Bertz CT molecular complexity index is 596. The van der Waals surface area contributed by atoms with Crippen LogP contribution in [0, 0.1) is 5.92 Å². The van der Waals surface area contributed by atoms with Crippen LogP contribution >= 0.6 is 0 Å². The molecule has 0 radical (unpaired) electrons. The van der Waals surface area contributed by atoms with Gasteiger partial charge in [0.2, 0.25) is 11.8 Å². The maximum Gasteiger partial charge on any atom is 0.239 e. The van der Waals surface area contributed by atoms with Crippen molar-refractivity contribution in [2.24, 2.45) is 11.7 Å². The van der Waals surface area contributed by atoms with Crippen molar-refractivity contribution in [2.45, 2.75) is 44.6 Å². The molecule has 130 valence electrons. The summed E-state index contributed by atoms with van der Waals surface area (Å²) in [5.74, 6) is 0.213.